The summed E-state index contributed by atoms with van der Waals surface area (Å²) in [6.45, 7) is 0. The molecule has 0 aromatic heterocycles. The van der Waals surface area contributed by atoms with Crippen molar-refractivity contribution in [2.45, 2.75) is 6.42 Å². The van der Waals surface area contributed by atoms with E-state index in [1.807, 2.05) is 42.6 Å². The maximum absolute atomic E-state index is 5.62. The number of para-hydroxylation sites is 1. The predicted molar refractivity (Wildman–Crippen MR) is 61.5 cm³/mol. The third-order valence-corrected chi connectivity index (χ3v) is 1.83. The van der Waals surface area contributed by atoms with Gasteiger partial charge in [0, 0.05) is 12.6 Å². The first-order chi connectivity index (χ1) is 6.36. The molecule has 0 saturated heterocycles. The Morgan fingerprint density at radius 3 is 2.57 bits per heavy atom. The van der Waals surface area contributed by atoms with E-state index in [0.717, 1.165) is 12.1 Å². The fraction of sp³-hybridized carbons (Fsp3) is 0.100. The van der Waals surface area contributed by atoms with Crippen molar-refractivity contribution in [2.24, 2.45) is 10.8 Å². The number of hydrazone groups is 1. The molecule has 74 valence electrons. The molecule has 4 heteroatoms. The van der Waals surface area contributed by atoms with E-state index in [-0.39, 0.29) is 12.4 Å². The number of nitrogens with two attached hydrogens (primary N) is 1. The molecular formula is C10H12ClN3. The van der Waals surface area contributed by atoms with Crippen LogP contribution < -0.4 is 10.7 Å². The van der Waals surface area contributed by atoms with E-state index in [2.05, 4.69) is 5.10 Å². The SMILES string of the molecule is Cl.NC1=NN(c2ccccc2)C=CC1. The van der Waals surface area contributed by atoms with E-state index in [4.69, 9.17) is 5.73 Å². The normalized spacial score (nSPS) is 14.6. The van der Waals surface area contributed by atoms with Crippen LogP contribution in [0.1, 0.15) is 6.42 Å². The lowest BCUT2D eigenvalue weighted by Gasteiger charge is -2.17. The van der Waals surface area contributed by atoms with E-state index in [1.54, 1.807) is 5.01 Å². The molecule has 1 aliphatic rings. The highest BCUT2D eigenvalue weighted by atomic mass is 35.5. The molecule has 1 heterocycles. The van der Waals surface area contributed by atoms with Gasteiger partial charge in [-0.05, 0) is 12.1 Å². The first-order valence-corrected chi connectivity index (χ1v) is 4.20. The van der Waals surface area contributed by atoms with Crippen LogP contribution in [0.25, 0.3) is 0 Å². The Kier molecular flexibility index (Phi) is 3.54. The molecule has 1 aliphatic heterocycles. The summed E-state index contributed by atoms with van der Waals surface area (Å²) in [6.07, 6.45) is 4.66. The summed E-state index contributed by atoms with van der Waals surface area (Å²) in [5.74, 6) is 0.645. The molecule has 2 rings (SSSR count). The van der Waals surface area contributed by atoms with E-state index in [0.29, 0.717) is 5.84 Å². The third-order valence-electron chi connectivity index (χ3n) is 1.83. The Balaban J connectivity index is 0.000000980. The summed E-state index contributed by atoms with van der Waals surface area (Å²) in [5.41, 5.74) is 6.65. The molecule has 1 aromatic rings. The fourth-order valence-electron chi connectivity index (χ4n) is 1.21. The van der Waals surface area contributed by atoms with E-state index in [1.165, 1.54) is 0 Å². The van der Waals surface area contributed by atoms with Gasteiger partial charge in [-0.2, -0.15) is 5.10 Å². The van der Waals surface area contributed by atoms with Crippen LogP contribution in [0.3, 0.4) is 0 Å². The molecule has 0 spiro atoms. The van der Waals surface area contributed by atoms with Gasteiger partial charge >= 0.3 is 0 Å². The molecule has 14 heavy (non-hydrogen) atoms. The largest absolute Gasteiger partial charge is 0.385 e. The predicted octanol–water partition coefficient (Wildman–Crippen LogP) is 2.10. The van der Waals surface area contributed by atoms with Crippen LogP contribution >= 0.6 is 12.4 Å². The number of amidine groups is 1. The molecular weight excluding hydrogens is 198 g/mol. The molecule has 0 unspecified atom stereocenters. The Hall–Kier alpha value is -1.48. The second-order valence-electron chi connectivity index (χ2n) is 2.86. The Bertz CT molecular complexity index is 346. The van der Waals surface area contributed by atoms with E-state index in [9.17, 15) is 0 Å². The molecule has 0 atom stereocenters. The van der Waals surface area contributed by atoms with Gasteiger partial charge in [-0.1, -0.05) is 24.3 Å². The van der Waals surface area contributed by atoms with Crippen molar-refractivity contribution in [1.29, 1.82) is 0 Å². The highest BCUT2D eigenvalue weighted by Gasteiger charge is 2.04. The van der Waals surface area contributed by atoms with Gasteiger partial charge in [-0.25, -0.2) is 5.01 Å². The maximum Gasteiger partial charge on any atom is 0.124 e. The van der Waals surface area contributed by atoms with Gasteiger partial charge in [0.1, 0.15) is 5.84 Å². The van der Waals surface area contributed by atoms with Gasteiger partial charge in [0.25, 0.3) is 0 Å². The summed E-state index contributed by atoms with van der Waals surface area (Å²) >= 11 is 0. The molecule has 0 radical (unpaired) electrons. The highest BCUT2D eigenvalue weighted by molar-refractivity contribution is 5.85. The lowest BCUT2D eigenvalue weighted by Crippen LogP contribution is -2.21. The second-order valence-corrected chi connectivity index (χ2v) is 2.86. The number of nitrogens with zero attached hydrogens (tertiary/aromatic N) is 2. The standard InChI is InChI=1S/C10H11N3.ClH/c11-10-7-4-8-13(12-10)9-5-2-1-3-6-9;/h1-6,8H,7H2,(H2,11,12);1H. The summed E-state index contributed by atoms with van der Waals surface area (Å²) < 4.78 is 0. The number of hydrogen-bond donors (Lipinski definition) is 1. The molecule has 0 amide bonds. The van der Waals surface area contributed by atoms with E-state index >= 15 is 0 Å². The Labute approximate surface area is 89.3 Å². The minimum absolute atomic E-state index is 0. The monoisotopic (exact) mass is 209 g/mol. The minimum atomic E-state index is 0. The fourth-order valence-corrected chi connectivity index (χ4v) is 1.21. The molecule has 0 aliphatic carbocycles. The van der Waals surface area contributed by atoms with Crippen LogP contribution in [0.5, 0.6) is 0 Å². The molecule has 1 aromatic carbocycles. The molecule has 0 fully saturated rings. The second kappa shape index (κ2) is 4.67. The highest BCUT2D eigenvalue weighted by Crippen LogP contribution is 2.16. The summed E-state index contributed by atoms with van der Waals surface area (Å²) in [5, 5.41) is 5.97. The molecule has 0 bridgehead atoms. The number of anilines is 1. The van der Waals surface area contributed by atoms with Gasteiger partial charge in [0.15, 0.2) is 0 Å². The average Bonchev–Trinajstić information content (AvgIpc) is 2.19. The van der Waals surface area contributed by atoms with Crippen LogP contribution in [0.4, 0.5) is 5.69 Å². The van der Waals surface area contributed by atoms with Crippen molar-refractivity contribution >= 4 is 23.9 Å². The van der Waals surface area contributed by atoms with Crippen LogP contribution in [0, 0.1) is 0 Å². The van der Waals surface area contributed by atoms with Crippen LogP contribution in [0.15, 0.2) is 47.7 Å². The van der Waals surface area contributed by atoms with Crippen LogP contribution in [0.2, 0.25) is 0 Å². The van der Waals surface area contributed by atoms with Gasteiger partial charge in [-0.15, -0.1) is 12.4 Å². The minimum Gasteiger partial charge on any atom is -0.385 e. The van der Waals surface area contributed by atoms with Crippen molar-refractivity contribution in [2.75, 3.05) is 5.01 Å². The maximum atomic E-state index is 5.62. The number of hydrogen-bond acceptors (Lipinski definition) is 3. The first-order valence-electron chi connectivity index (χ1n) is 4.20. The zero-order chi connectivity index (χ0) is 9.10. The Morgan fingerprint density at radius 2 is 1.93 bits per heavy atom. The number of halogens is 1. The molecule has 3 nitrogen and oxygen atoms in total. The lowest BCUT2D eigenvalue weighted by molar-refractivity contribution is 1.02. The molecule has 2 N–H and O–H groups in total. The van der Waals surface area contributed by atoms with Crippen molar-refractivity contribution in [3.63, 3.8) is 0 Å². The number of benzene rings is 1. The summed E-state index contributed by atoms with van der Waals surface area (Å²) in [7, 11) is 0. The number of rotatable bonds is 1. The van der Waals surface area contributed by atoms with Gasteiger partial charge in [-0.3, -0.25) is 0 Å². The van der Waals surface area contributed by atoms with Gasteiger partial charge in [0.2, 0.25) is 0 Å². The van der Waals surface area contributed by atoms with Crippen molar-refractivity contribution in [3.05, 3.63) is 42.6 Å². The quantitative estimate of drug-likeness (QED) is 0.770. The summed E-state index contributed by atoms with van der Waals surface area (Å²) in [6, 6.07) is 9.91. The summed E-state index contributed by atoms with van der Waals surface area (Å²) in [4.78, 5) is 0. The average molecular weight is 210 g/mol. The van der Waals surface area contributed by atoms with Crippen molar-refractivity contribution < 1.29 is 0 Å². The zero-order valence-electron chi connectivity index (χ0n) is 7.63. The smallest absolute Gasteiger partial charge is 0.124 e. The Morgan fingerprint density at radius 1 is 1.21 bits per heavy atom. The lowest BCUT2D eigenvalue weighted by atomic mass is 10.3. The van der Waals surface area contributed by atoms with E-state index < -0.39 is 0 Å². The van der Waals surface area contributed by atoms with Crippen LogP contribution in [-0.4, -0.2) is 5.84 Å². The van der Waals surface area contributed by atoms with Gasteiger partial charge < -0.3 is 5.73 Å². The topological polar surface area (TPSA) is 41.6 Å². The first kappa shape index (κ1) is 10.6. The van der Waals surface area contributed by atoms with Crippen molar-refractivity contribution in [1.82, 2.24) is 0 Å². The molecule has 0 saturated carbocycles. The zero-order valence-corrected chi connectivity index (χ0v) is 8.45. The van der Waals surface area contributed by atoms with Crippen molar-refractivity contribution in [3.8, 4) is 0 Å². The van der Waals surface area contributed by atoms with Crippen LogP contribution in [-0.2, 0) is 0 Å². The third kappa shape index (κ3) is 2.26. The van der Waals surface area contributed by atoms with Gasteiger partial charge in [0.05, 0.1) is 5.69 Å².